The molecule has 1 rings (SSSR count). The third kappa shape index (κ3) is 1.62. The standard InChI is InChI=1S/C11H12S/c1-4-11(12)10-7-5-6-8(2)9(10)3/h4-7,12H,1,3H2,2H3/b11-10+. The van der Waals surface area contributed by atoms with Gasteiger partial charge >= 0.3 is 0 Å². The molecule has 0 aliphatic carbocycles. The van der Waals surface area contributed by atoms with Crippen LogP contribution in [0.15, 0.2) is 30.9 Å². The third-order valence-corrected chi connectivity index (χ3v) is 2.30. The normalized spacial score (nSPS) is 12.5. The molecule has 0 aliphatic rings. The van der Waals surface area contributed by atoms with Crippen molar-refractivity contribution in [3.05, 3.63) is 46.9 Å². The molecule has 0 heterocycles. The summed E-state index contributed by atoms with van der Waals surface area (Å²) in [6, 6.07) is 6.04. The summed E-state index contributed by atoms with van der Waals surface area (Å²) >= 11 is 4.30. The molecule has 1 aromatic rings. The van der Waals surface area contributed by atoms with Crippen LogP contribution < -0.4 is 10.4 Å². The van der Waals surface area contributed by atoms with Gasteiger partial charge in [0.15, 0.2) is 0 Å². The number of aryl methyl sites for hydroxylation is 1. The van der Waals surface area contributed by atoms with E-state index in [4.69, 9.17) is 0 Å². The molecule has 0 amide bonds. The van der Waals surface area contributed by atoms with Gasteiger partial charge in [-0.2, -0.15) is 0 Å². The highest BCUT2D eigenvalue weighted by Gasteiger charge is 1.90. The molecule has 1 aromatic carbocycles. The van der Waals surface area contributed by atoms with Crippen molar-refractivity contribution in [2.45, 2.75) is 6.92 Å². The Kier molecular flexibility index (Phi) is 2.77. The fourth-order valence-corrected chi connectivity index (χ4v) is 1.26. The zero-order valence-electron chi connectivity index (χ0n) is 7.17. The SMILES string of the molecule is C=C/C(S)=c1/cccc(C)c1=C. The second-order valence-corrected chi connectivity index (χ2v) is 3.17. The minimum absolute atomic E-state index is 0.878. The lowest BCUT2D eigenvalue weighted by Gasteiger charge is -1.95. The Morgan fingerprint density at radius 3 is 2.75 bits per heavy atom. The molecule has 0 saturated carbocycles. The first kappa shape index (κ1) is 9.14. The Labute approximate surface area is 78.3 Å². The lowest BCUT2D eigenvalue weighted by molar-refractivity contribution is 1.38. The average Bonchev–Trinajstić information content (AvgIpc) is 2.08. The van der Waals surface area contributed by atoms with E-state index in [1.165, 1.54) is 5.56 Å². The molecule has 0 radical (unpaired) electrons. The molecule has 1 heteroatoms. The zero-order valence-corrected chi connectivity index (χ0v) is 8.07. The van der Waals surface area contributed by atoms with Gasteiger partial charge < -0.3 is 0 Å². The van der Waals surface area contributed by atoms with Gasteiger partial charge in [-0.25, -0.2) is 0 Å². The van der Waals surface area contributed by atoms with Gasteiger partial charge in [0.1, 0.15) is 0 Å². The van der Waals surface area contributed by atoms with Gasteiger partial charge in [0.25, 0.3) is 0 Å². The fourth-order valence-electron chi connectivity index (χ4n) is 1.05. The molecule has 0 aromatic heterocycles. The number of hydrogen-bond acceptors (Lipinski definition) is 1. The van der Waals surface area contributed by atoms with Crippen molar-refractivity contribution in [1.82, 2.24) is 0 Å². The molecule has 12 heavy (non-hydrogen) atoms. The number of benzene rings is 1. The second-order valence-electron chi connectivity index (χ2n) is 2.69. The molecule has 0 fully saturated rings. The Bertz CT molecular complexity index is 402. The van der Waals surface area contributed by atoms with Crippen molar-refractivity contribution in [2.24, 2.45) is 0 Å². The van der Waals surface area contributed by atoms with Crippen molar-refractivity contribution in [2.75, 3.05) is 0 Å². The predicted octanol–water partition coefficient (Wildman–Crippen LogP) is 1.63. The van der Waals surface area contributed by atoms with E-state index in [0.717, 1.165) is 15.3 Å². The monoisotopic (exact) mass is 176 g/mol. The van der Waals surface area contributed by atoms with Crippen LogP contribution in [-0.2, 0) is 0 Å². The van der Waals surface area contributed by atoms with Gasteiger partial charge in [0.05, 0.1) is 0 Å². The Balaban J connectivity index is 3.67. The third-order valence-electron chi connectivity index (χ3n) is 1.88. The highest BCUT2D eigenvalue weighted by molar-refractivity contribution is 7.90. The van der Waals surface area contributed by atoms with E-state index in [1.54, 1.807) is 6.08 Å². The predicted molar refractivity (Wildman–Crippen MR) is 58.5 cm³/mol. The van der Waals surface area contributed by atoms with E-state index >= 15 is 0 Å². The van der Waals surface area contributed by atoms with Crippen LogP contribution in [0.4, 0.5) is 0 Å². The molecule has 0 nitrogen and oxygen atoms in total. The van der Waals surface area contributed by atoms with E-state index in [9.17, 15) is 0 Å². The van der Waals surface area contributed by atoms with E-state index in [0.29, 0.717) is 0 Å². The van der Waals surface area contributed by atoms with Crippen molar-refractivity contribution >= 4 is 24.1 Å². The van der Waals surface area contributed by atoms with E-state index in [-0.39, 0.29) is 0 Å². The van der Waals surface area contributed by atoms with Crippen LogP contribution in [0.5, 0.6) is 0 Å². The Hall–Kier alpha value is -0.950. The first-order valence-electron chi connectivity index (χ1n) is 3.77. The lowest BCUT2D eigenvalue weighted by Crippen LogP contribution is -2.26. The quantitative estimate of drug-likeness (QED) is 0.618. The van der Waals surface area contributed by atoms with Crippen molar-refractivity contribution in [1.29, 1.82) is 0 Å². The summed E-state index contributed by atoms with van der Waals surface area (Å²) < 4.78 is 0. The highest BCUT2D eigenvalue weighted by Crippen LogP contribution is 1.97. The number of rotatable bonds is 1. The second kappa shape index (κ2) is 3.63. The molecule has 0 bridgehead atoms. The summed E-state index contributed by atoms with van der Waals surface area (Å²) in [5, 5.41) is 2.09. The summed E-state index contributed by atoms with van der Waals surface area (Å²) in [5.74, 6) is 0. The Morgan fingerprint density at radius 1 is 1.50 bits per heavy atom. The fraction of sp³-hybridized carbons (Fsp3) is 0.0909. The van der Waals surface area contributed by atoms with Gasteiger partial charge in [-0.15, -0.1) is 12.6 Å². The molecular weight excluding hydrogens is 164 g/mol. The summed E-state index contributed by atoms with van der Waals surface area (Å²) in [5.41, 5.74) is 1.18. The van der Waals surface area contributed by atoms with Gasteiger partial charge in [-0.3, -0.25) is 0 Å². The van der Waals surface area contributed by atoms with E-state index in [1.807, 2.05) is 25.1 Å². The topological polar surface area (TPSA) is 0 Å². The van der Waals surface area contributed by atoms with Crippen LogP contribution in [0.1, 0.15) is 5.56 Å². The van der Waals surface area contributed by atoms with Crippen LogP contribution in [0.2, 0.25) is 0 Å². The first-order chi connectivity index (χ1) is 5.66. The highest BCUT2D eigenvalue weighted by atomic mass is 32.1. The molecule has 0 spiro atoms. The van der Waals surface area contributed by atoms with Crippen molar-refractivity contribution in [3.8, 4) is 0 Å². The maximum absolute atomic E-state index is 4.30. The number of thiol groups is 1. The summed E-state index contributed by atoms with van der Waals surface area (Å²) in [6.07, 6.45) is 1.73. The Morgan fingerprint density at radius 2 is 2.17 bits per heavy atom. The first-order valence-corrected chi connectivity index (χ1v) is 4.22. The lowest BCUT2D eigenvalue weighted by atomic mass is 10.1. The summed E-state index contributed by atoms with van der Waals surface area (Å²) in [4.78, 5) is 0.878. The molecule has 0 aliphatic heterocycles. The van der Waals surface area contributed by atoms with Crippen LogP contribution in [0, 0.1) is 6.92 Å². The molecule has 62 valence electrons. The molecular formula is C11H12S. The van der Waals surface area contributed by atoms with Crippen LogP contribution in [-0.4, -0.2) is 0 Å². The average molecular weight is 176 g/mol. The van der Waals surface area contributed by atoms with E-state index < -0.39 is 0 Å². The van der Waals surface area contributed by atoms with E-state index in [2.05, 4.69) is 25.8 Å². The van der Waals surface area contributed by atoms with Crippen LogP contribution in [0.25, 0.3) is 11.5 Å². The maximum Gasteiger partial charge on any atom is 0.0113 e. The van der Waals surface area contributed by atoms with Crippen molar-refractivity contribution in [3.63, 3.8) is 0 Å². The molecule has 0 atom stereocenters. The van der Waals surface area contributed by atoms with Crippen LogP contribution >= 0.6 is 12.6 Å². The van der Waals surface area contributed by atoms with Gasteiger partial charge in [0, 0.05) is 4.91 Å². The zero-order chi connectivity index (χ0) is 9.14. The molecule has 0 N–H and O–H groups in total. The minimum Gasteiger partial charge on any atom is -0.143 e. The summed E-state index contributed by atoms with van der Waals surface area (Å²) in [6.45, 7) is 9.68. The van der Waals surface area contributed by atoms with Crippen molar-refractivity contribution < 1.29 is 0 Å². The summed E-state index contributed by atoms with van der Waals surface area (Å²) in [7, 11) is 0. The maximum atomic E-state index is 4.30. The van der Waals surface area contributed by atoms with Crippen LogP contribution in [0.3, 0.4) is 0 Å². The minimum atomic E-state index is 0.878. The van der Waals surface area contributed by atoms with Gasteiger partial charge in [-0.1, -0.05) is 37.4 Å². The molecule has 0 unspecified atom stereocenters. The smallest absolute Gasteiger partial charge is 0.0113 e. The van der Waals surface area contributed by atoms with Gasteiger partial charge in [0.2, 0.25) is 0 Å². The largest absolute Gasteiger partial charge is 0.143 e. The number of hydrogen-bond donors (Lipinski definition) is 1. The van der Waals surface area contributed by atoms with Gasteiger partial charge in [-0.05, 0) is 22.9 Å². The molecule has 0 saturated heterocycles.